The Balaban J connectivity index is 4.64. The van der Waals surface area contributed by atoms with Crippen LogP contribution < -0.4 is 0 Å². The van der Waals surface area contributed by atoms with Crippen LogP contribution in [0.1, 0.15) is 6.92 Å². The predicted octanol–water partition coefficient (Wildman–Crippen LogP) is 2.64. The van der Waals surface area contributed by atoms with Gasteiger partial charge in [0.05, 0.1) is 0 Å². The molecule has 2 unspecified atom stereocenters. The highest BCUT2D eigenvalue weighted by Gasteiger charge is 2.55. The Kier molecular flexibility index (Phi) is 4.82. The fourth-order valence-electron chi connectivity index (χ4n) is 0.566. The SMILES string of the molecule is C=C(C)C(=O)OC(F)C(F)(F)C(F)C(F)F. The van der Waals surface area contributed by atoms with E-state index in [1.165, 1.54) is 0 Å². The second-order valence-electron chi connectivity index (χ2n) is 2.91. The van der Waals surface area contributed by atoms with Gasteiger partial charge < -0.3 is 4.74 Å². The molecule has 0 spiro atoms. The zero-order valence-electron chi connectivity index (χ0n) is 8.02. The van der Waals surface area contributed by atoms with Crippen molar-refractivity contribution in [3.8, 4) is 0 Å². The van der Waals surface area contributed by atoms with Crippen molar-refractivity contribution in [2.24, 2.45) is 0 Å². The summed E-state index contributed by atoms with van der Waals surface area (Å²) in [5.41, 5.74) is -0.425. The van der Waals surface area contributed by atoms with Crippen LogP contribution in [0.15, 0.2) is 12.2 Å². The molecular formula is C8H8F6O2. The van der Waals surface area contributed by atoms with Crippen molar-refractivity contribution in [1.29, 1.82) is 0 Å². The van der Waals surface area contributed by atoms with Gasteiger partial charge in [-0.2, -0.15) is 13.2 Å². The molecule has 8 heteroatoms. The quantitative estimate of drug-likeness (QED) is 0.426. The van der Waals surface area contributed by atoms with Crippen LogP contribution in [0.2, 0.25) is 0 Å². The third kappa shape index (κ3) is 3.42. The van der Waals surface area contributed by atoms with Crippen LogP contribution >= 0.6 is 0 Å². The van der Waals surface area contributed by atoms with Gasteiger partial charge in [0.1, 0.15) is 0 Å². The minimum absolute atomic E-state index is 0.425. The van der Waals surface area contributed by atoms with Gasteiger partial charge in [0.2, 0.25) is 6.17 Å². The second-order valence-corrected chi connectivity index (χ2v) is 2.91. The average molecular weight is 250 g/mol. The molecule has 0 saturated heterocycles. The summed E-state index contributed by atoms with van der Waals surface area (Å²) in [5, 5.41) is 0. The molecule has 0 fully saturated rings. The number of ether oxygens (including phenoxy) is 1. The average Bonchev–Trinajstić information content (AvgIpc) is 2.15. The van der Waals surface area contributed by atoms with E-state index in [1.54, 1.807) is 0 Å². The van der Waals surface area contributed by atoms with E-state index >= 15 is 0 Å². The van der Waals surface area contributed by atoms with Crippen LogP contribution in [0.25, 0.3) is 0 Å². The van der Waals surface area contributed by atoms with E-state index in [1.807, 2.05) is 0 Å². The van der Waals surface area contributed by atoms with E-state index in [-0.39, 0.29) is 0 Å². The lowest BCUT2D eigenvalue weighted by Crippen LogP contribution is -2.45. The Morgan fingerprint density at radius 1 is 1.25 bits per heavy atom. The first-order valence-electron chi connectivity index (χ1n) is 3.91. The molecule has 0 saturated carbocycles. The molecule has 0 aromatic carbocycles. The number of hydrogen-bond donors (Lipinski definition) is 0. The number of hydrogen-bond acceptors (Lipinski definition) is 2. The first-order chi connectivity index (χ1) is 7.10. The summed E-state index contributed by atoms with van der Waals surface area (Å²) in [6.45, 7) is 3.96. The lowest BCUT2D eigenvalue weighted by Gasteiger charge is -2.23. The molecule has 0 aliphatic rings. The smallest absolute Gasteiger partial charge is 0.349 e. The number of carbonyl (C=O) groups is 1. The molecule has 0 heterocycles. The summed E-state index contributed by atoms with van der Waals surface area (Å²) < 4.78 is 76.6. The highest BCUT2D eigenvalue weighted by Crippen LogP contribution is 2.32. The van der Waals surface area contributed by atoms with Gasteiger partial charge in [-0.05, 0) is 6.92 Å². The van der Waals surface area contributed by atoms with Crippen molar-refractivity contribution in [3.05, 3.63) is 12.2 Å². The van der Waals surface area contributed by atoms with Crippen LogP contribution in [0.5, 0.6) is 0 Å². The summed E-state index contributed by atoms with van der Waals surface area (Å²) in [4.78, 5) is 10.6. The maximum absolute atomic E-state index is 12.6. The summed E-state index contributed by atoms with van der Waals surface area (Å²) in [5.74, 6) is -6.67. The van der Waals surface area contributed by atoms with E-state index in [0.717, 1.165) is 6.92 Å². The number of rotatable bonds is 5. The number of alkyl halides is 6. The minimum atomic E-state index is -5.11. The van der Waals surface area contributed by atoms with Crippen molar-refractivity contribution in [2.45, 2.75) is 31.8 Å². The summed E-state index contributed by atoms with van der Waals surface area (Å²) in [6, 6.07) is 0. The molecule has 0 aliphatic carbocycles. The summed E-state index contributed by atoms with van der Waals surface area (Å²) >= 11 is 0. The van der Waals surface area contributed by atoms with Gasteiger partial charge in [-0.25, -0.2) is 18.0 Å². The molecule has 0 N–H and O–H groups in total. The highest BCUT2D eigenvalue weighted by molar-refractivity contribution is 5.87. The standard InChI is InChI=1S/C8H8F6O2/c1-3(2)6(15)16-7(12)8(13,14)4(9)5(10)11/h4-5,7H,1H2,2H3. The van der Waals surface area contributed by atoms with E-state index in [0.29, 0.717) is 0 Å². The maximum atomic E-state index is 12.6. The Bertz CT molecular complexity index is 278. The van der Waals surface area contributed by atoms with E-state index in [2.05, 4.69) is 11.3 Å². The van der Waals surface area contributed by atoms with Crippen LogP contribution in [-0.4, -0.2) is 30.8 Å². The van der Waals surface area contributed by atoms with Crippen LogP contribution in [0.3, 0.4) is 0 Å². The molecule has 2 atom stereocenters. The Hall–Kier alpha value is -1.21. The van der Waals surface area contributed by atoms with Gasteiger partial charge in [0.25, 0.3) is 6.43 Å². The zero-order valence-corrected chi connectivity index (χ0v) is 8.02. The van der Waals surface area contributed by atoms with Gasteiger partial charge in [-0.1, -0.05) is 6.58 Å². The molecule has 0 aromatic heterocycles. The van der Waals surface area contributed by atoms with Crippen molar-refractivity contribution in [2.75, 3.05) is 0 Å². The van der Waals surface area contributed by atoms with Gasteiger partial charge >= 0.3 is 18.2 Å². The van der Waals surface area contributed by atoms with Gasteiger partial charge in [0.15, 0.2) is 0 Å². The highest BCUT2D eigenvalue weighted by atomic mass is 19.3. The first-order valence-corrected chi connectivity index (χ1v) is 3.91. The van der Waals surface area contributed by atoms with Crippen molar-refractivity contribution < 1.29 is 35.9 Å². The molecule has 0 radical (unpaired) electrons. The molecule has 94 valence electrons. The number of carbonyl (C=O) groups excluding carboxylic acids is 1. The monoisotopic (exact) mass is 250 g/mol. The van der Waals surface area contributed by atoms with Crippen molar-refractivity contribution in [3.63, 3.8) is 0 Å². The fourth-order valence-corrected chi connectivity index (χ4v) is 0.566. The van der Waals surface area contributed by atoms with E-state index in [4.69, 9.17) is 0 Å². The molecule has 0 bridgehead atoms. The number of halogens is 6. The molecule has 2 nitrogen and oxygen atoms in total. The molecule has 0 rings (SSSR count). The van der Waals surface area contributed by atoms with Crippen LogP contribution in [-0.2, 0) is 9.53 Å². The molecule has 0 amide bonds. The van der Waals surface area contributed by atoms with Gasteiger partial charge in [-0.3, -0.25) is 0 Å². The first kappa shape index (κ1) is 14.8. The molecule has 16 heavy (non-hydrogen) atoms. The van der Waals surface area contributed by atoms with E-state index < -0.39 is 36.4 Å². The van der Waals surface area contributed by atoms with E-state index in [9.17, 15) is 31.1 Å². The lowest BCUT2D eigenvalue weighted by atomic mass is 10.2. The zero-order chi connectivity index (χ0) is 13.1. The van der Waals surface area contributed by atoms with Crippen LogP contribution in [0.4, 0.5) is 26.3 Å². The second kappa shape index (κ2) is 5.22. The van der Waals surface area contributed by atoms with Crippen molar-refractivity contribution >= 4 is 5.97 Å². The summed E-state index contributed by atoms with van der Waals surface area (Å²) in [7, 11) is 0. The maximum Gasteiger partial charge on any atom is 0.349 e. The Labute approximate surface area is 86.9 Å². The third-order valence-corrected chi connectivity index (χ3v) is 1.45. The third-order valence-electron chi connectivity index (χ3n) is 1.45. The minimum Gasteiger partial charge on any atom is -0.421 e. The largest absolute Gasteiger partial charge is 0.421 e. The number of esters is 1. The van der Waals surface area contributed by atoms with Gasteiger partial charge in [0, 0.05) is 5.57 Å². The normalized spacial score (nSPS) is 15.8. The molecule has 0 aromatic rings. The summed E-state index contributed by atoms with van der Waals surface area (Å²) in [6.07, 6.45) is -11.9. The molecular weight excluding hydrogens is 242 g/mol. The Morgan fingerprint density at radius 3 is 2.00 bits per heavy atom. The predicted molar refractivity (Wildman–Crippen MR) is 41.6 cm³/mol. The van der Waals surface area contributed by atoms with Crippen LogP contribution in [0, 0.1) is 0 Å². The fraction of sp³-hybridized carbons (Fsp3) is 0.625. The topological polar surface area (TPSA) is 26.3 Å². The van der Waals surface area contributed by atoms with Gasteiger partial charge in [-0.15, -0.1) is 0 Å². The molecule has 0 aliphatic heterocycles. The lowest BCUT2D eigenvalue weighted by molar-refractivity contribution is -0.237. The van der Waals surface area contributed by atoms with Crippen molar-refractivity contribution in [1.82, 2.24) is 0 Å². The Morgan fingerprint density at radius 2 is 1.69 bits per heavy atom.